The van der Waals surface area contributed by atoms with Crippen LogP contribution in [0.25, 0.3) is 0 Å². The molecule has 0 radical (unpaired) electrons. The number of fused-ring (bicyclic) bond motifs is 1. The van der Waals surface area contributed by atoms with Crippen molar-refractivity contribution in [2.75, 3.05) is 24.7 Å². The zero-order valence-electron chi connectivity index (χ0n) is 26.0. The van der Waals surface area contributed by atoms with Gasteiger partial charge in [0.1, 0.15) is 0 Å². The van der Waals surface area contributed by atoms with Crippen molar-refractivity contribution >= 4 is 52.8 Å². The summed E-state index contributed by atoms with van der Waals surface area (Å²) in [4.78, 5) is 76.2. The second kappa shape index (κ2) is 16.4. The molecule has 0 bridgehead atoms. The Labute approximate surface area is 270 Å². The van der Waals surface area contributed by atoms with Crippen LogP contribution >= 0.6 is 11.8 Å². The van der Waals surface area contributed by atoms with E-state index in [0.29, 0.717) is 17.4 Å². The number of methoxy groups -OCH3 is 1. The number of carbonyl (C=O) groups is 5. The van der Waals surface area contributed by atoms with Gasteiger partial charge in [0.25, 0.3) is 17.5 Å². The first-order chi connectivity index (χ1) is 21.8. The van der Waals surface area contributed by atoms with Gasteiger partial charge in [0, 0.05) is 36.5 Å². The minimum atomic E-state index is -1.44. The largest absolute Gasteiger partial charge is 0.467 e. The van der Waals surface area contributed by atoms with Crippen LogP contribution in [-0.4, -0.2) is 63.9 Å². The lowest BCUT2D eigenvalue weighted by molar-refractivity contribution is -0.384. The molecule has 1 aliphatic heterocycles. The Morgan fingerprint density at radius 2 is 1.59 bits per heavy atom. The average Bonchev–Trinajstić information content (AvgIpc) is 3.27. The molecule has 0 saturated heterocycles. The first-order valence-electron chi connectivity index (χ1n) is 14.4. The van der Waals surface area contributed by atoms with E-state index >= 15 is 0 Å². The molecule has 14 heteroatoms. The highest BCUT2D eigenvalue weighted by molar-refractivity contribution is 8.01. The molecule has 0 aromatic heterocycles. The maximum Gasteiger partial charge on any atom is 0.341 e. The molecule has 2 aromatic rings. The average molecular weight is 653 g/mol. The van der Waals surface area contributed by atoms with Crippen LogP contribution < -0.4 is 10.6 Å². The summed E-state index contributed by atoms with van der Waals surface area (Å²) in [6.45, 7) is 6.05. The Hall–Kier alpha value is -4.98. The van der Waals surface area contributed by atoms with Crippen molar-refractivity contribution in [3.8, 4) is 0 Å². The van der Waals surface area contributed by atoms with Gasteiger partial charge in [0.05, 0.1) is 29.6 Å². The number of nitro groups is 1. The third kappa shape index (κ3) is 9.76. The molecule has 2 aromatic carbocycles. The lowest BCUT2D eigenvalue weighted by atomic mass is 10.1. The normalized spacial score (nSPS) is 14.3. The second-order valence-corrected chi connectivity index (χ2v) is 12.0. The SMILES string of the molecule is COC(=O)C(C)(NC(=O)CCC(=O)ON1C(=O)c2ccccc2C1=O)SCC=C(C)CCC=C(C)CNc1ccc([N+](=O)[O-])cc1. The number of nitrogens with one attached hydrogen (secondary N) is 2. The Bertz CT molecular complexity index is 1520. The summed E-state index contributed by atoms with van der Waals surface area (Å²) in [6, 6.07) is 12.3. The van der Waals surface area contributed by atoms with E-state index < -0.39 is 45.9 Å². The number of hydrogen-bond acceptors (Lipinski definition) is 11. The van der Waals surface area contributed by atoms with Crippen molar-refractivity contribution < 1.29 is 38.5 Å². The highest BCUT2D eigenvalue weighted by Gasteiger charge is 2.39. The van der Waals surface area contributed by atoms with E-state index in [1.54, 1.807) is 24.3 Å². The van der Waals surface area contributed by atoms with Crippen LogP contribution in [-0.2, 0) is 24.0 Å². The van der Waals surface area contributed by atoms with Crippen LogP contribution in [0.2, 0.25) is 0 Å². The summed E-state index contributed by atoms with van der Waals surface area (Å²) in [7, 11) is 1.21. The Morgan fingerprint density at radius 1 is 0.957 bits per heavy atom. The van der Waals surface area contributed by atoms with Gasteiger partial charge in [0.2, 0.25) is 5.91 Å². The van der Waals surface area contributed by atoms with Gasteiger partial charge in [-0.3, -0.25) is 24.5 Å². The number of nitrogens with zero attached hydrogens (tertiary/aromatic N) is 2. The van der Waals surface area contributed by atoms with Crippen molar-refractivity contribution in [1.82, 2.24) is 10.4 Å². The van der Waals surface area contributed by atoms with Crippen LogP contribution in [0.4, 0.5) is 11.4 Å². The lowest BCUT2D eigenvalue weighted by Gasteiger charge is -2.27. The van der Waals surface area contributed by atoms with Gasteiger partial charge in [0.15, 0.2) is 4.87 Å². The third-order valence-electron chi connectivity index (χ3n) is 6.94. The first kappa shape index (κ1) is 35.5. The number of non-ortho nitro benzene ring substituents is 1. The molecule has 0 saturated carbocycles. The quantitative estimate of drug-likeness (QED) is 0.0627. The van der Waals surface area contributed by atoms with Crippen LogP contribution in [0, 0.1) is 10.1 Å². The van der Waals surface area contributed by atoms with Gasteiger partial charge in [-0.2, -0.15) is 0 Å². The van der Waals surface area contributed by atoms with Gasteiger partial charge in [-0.1, -0.05) is 40.5 Å². The van der Waals surface area contributed by atoms with Gasteiger partial charge in [-0.25, -0.2) is 9.59 Å². The van der Waals surface area contributed by atoms with Crippen molar-refractivity contribution in [2.24, 2.45) is 0 Å². The summed E-state index contributed by atoms with van der Waals surface area (Å²) in [5, 5.41) is 17.0. The number of ether oxygens (including phenoxy) is 1. The molecular weight excluding hydrogens is 616 g/mol. The smallest absolute Gasteiger partial charge is 0.341 e. The predicted octanol–water partition coefficient (Wildman–Crippen LogP) is 4.95. The molecule has 1 atom stereocenters. The van der Waals surface area contributed by atoms with E-state index in [1.807, 2.05) is 19.9 Å². The number of benzene rings is 2. The van der Waals surface area contributed by atoms with E-state index in [9.17, 15) is 34.1 Å². The molecule has 2 N–H and O–H groups in total. The number of anilines is 1. The number of imide groups is 1. The van der Waals surface area contributed by atoms with Crippen molar-refractivity contribution in [3.05, 3.63) is 93.1 Å². The summed E-state index contributed by atoms with van der Waals surface area (Å²) in [5.41, 5.74) is 3.24. The van der Waals surface area contributed by atoms with Crippen LogP contribution in [0.15, 0.2) is 71.8 Å². The zero-order valence-corrected chi connectivity index (χ0v) is 26.8. The molecule has 13 nitrogen and oxygen atoms in total. The molecule has 1 aliphatic rings. The standard InChI is InChI=1S/C32H36N4O9S/c1-21(8-7-9-22(2)20-33-23-12-14-24(15-13-23)36(42)43)18-19-46-32(3,31(41)44-4)34-27(37)16-17-28(38)45-35-29(39)25-10-5-6-11-26(25)30(35)40/h5-6,9-15,18,33H,7-8,16-17,19-20H2,1-4H3,(H,34,37). The zero-order chi connectivity index (χ0) is 33.9. The number of rotatable bonds is 16. The molecular formula is C32H36N4O9S. The van der Waals surface area contributed by atoms with Gasteiger partial charge < -0.3 is 20.2 Å². The summed E-state index contributed by atoms with van der Waals surface area (Å²) in [5.74, 6) is -3.39. The molecule has 0 fully saturated rings. The van der Waals surface area contributed by atoms with Crippen molar-refractivity contribution in [2.45, 2.75) is 51.3 Å². The maximum absolute atomic E-state index is 12.7. The first-order valence-corrected chi connectivity index (χ1v) is 15.3. The lowest BCUT2D eigenvalue weighted by Crippen LogP contribution is -2.50. The second-order valence-electron chi connectivity index (χ2n) is 10.6. The Kier molecular flexibility index (Phi) is 12.6. The molecule has 1 unspecified atom stereocenters. The molecule has 0 spiro atoms. The van der Waals surface area contributed by atoms with Gasteiger partial charge >= 0.3 is 11.9 Å². The monoisotopic (exact) mass is 652 g/mol. The Balaban J connectivity index is 1.43. The van der Waals surface area contributed by atoms with E-state index in [1.165, 1.54) is 38.3 Å². The molecule has 3 amide bonds. The minimum absolute atomic E-state index is 0.0360. The maximum atomic E-state index is 12.7. The fourth-order valence-electron chi connectivity index (χ4n) is 4.30. The predicted molar refractivity (Wildman–Crippen MR) is 172 cm³/mol. The number of amides is 3. The van der Waals surface area contributed by atoms with Gasteiger partial charge in [-0.05, 0) is 57.9 Å². The van der Waals surface area contributed by atoms with Crippen molar-refractivity contribution in [1.29, 1.82) is 0 Å². The van der Waals surface area contributed by atoms with Crippen LogP contribution in [0.5, 0.6) is 0 Å². The summed E-state index contributed by atoms with van der Waals surface area (Å²) < 4.78 is 4.89. The molecule has 3 rings (SSSR count). The molecule has 46 heavy (non-hydrogen) atoms. The fourth-order valence-corrected chi connectivity index (χ4v) is 5.38. The number of nitro benzene ring substituents is 1. The number of thioether (sulfide) groups is 1. The van der Waals surface area contributed by atoms with E-state index in [0.717, 1.165) is 41.4 Å². The molecule has 0 aliphatic carbocycles. The van der Waals surface area contributed by atoms with E-state index in [-0.39, 0.29) is 23.2 Å². The number of esters is 1. The summed E-state index contributed by atoms with van der Waals surface area (Å²) >= 11 is 1.15. The van der Waals surface area contributed by atoms with Crippen LogP contribution in [0.3, 0.4) is 0 Å². The third-order valence-corrected chi connectivity index (χ3v) is 8.12. The van der Waals surface area contributed by atoms with Crippen LogP contribution in [0.1, 0.15) is 67.2 Å². The highest BCUT2D eigenvalue weighted by Crippen LogP contribution is 2.26. The minimum Gasteiger partial charge on any atom is -0.467 e. The molecule has 244 valence electrons. The topological polar surface area (TPSA) is 174 Å². The number of hydroxylamine groups is 2. The highest BCUT2D eigenvalue weighted by atomic mass is 32.2. The Morgan fingerprint density at radius 3 is 2.17 bits per heavy atom. The number of hydrogen-bond donors (Lipinski definition) is 2. The van der Waals surface area contributed by atoms with E-state index in [4.69, 9.17) is 9.57 Å². The van der Waals surface area contributed by atoms with E-state index in [2.05, 4.69) is 16.7 Å². The number of carbonyl (C=O) groups excluding carboxylic acids is 5. The molecule has 1 heterocycles. The summed E-state index contributed by atoms with van der Waals surface area (Å²) in [6.07, 6.45) is 4.82. The fraction of sp³-hybridized carbons (Fsp3) is 0.344. The number of allylic oxidation sites excluding steroid dienone is 2. The van der Waals surface area contributed by atoms with Gasteiger partial charge in [-0.15, -0.1) is 11.8 Å². The van der Waals surface area contributed by atoms with Crippen molar-refractivity contribution in [3.63, 3.8) is 0 Å².